The third kappa shape index (κ3) is 6.12. The van der Waals surface area contributed by atoms with Crippen molar-refractivity contribution >= 4 is 11.7 Å². The second-order valence-corrected chi connectivity index (χ2v) is 10.1. The van der Waals surface area contributed by atoms with Crippen LogP contribution in [0.15, 0.2) is 18.3 Å². The van der Waals surface area contributed by atoms with Gasteiger partial charge in [0.1, 0.15) is 5.82 Å². The van der Waals surface area contributed by atoms with Gasteiger partial charge in [-0.3, -0.25) is 4.79 Å². The van der Waals surface area contributed by atoms with Gasteiger partial charge < -0.3 is 29.3 Å². The predicted molar refractivity (Wildman–Crippen MR) is 128 cm³/mol. The van der Waals surface area contributed by atoms with Gasteiger partial charge in [0, 0.05) is 71.9 Å². The minimum Gasteiger partial charge on any atom is -0.385 e. The van der Waals surface area contributed by atoms with Crippen LogP contribution >= 0.6 is 0 Å². The highest BCUT2D eigenvalue weighted by Gasteiger charge is 2.48. The molecule has 0 radical (unpaired) electrons. The first-order valence-corrected chi connectivity index (χ1v) is 12.7. The van der Waals surface area contributed by atoms with Gasteiger partial charge in [0.25, 0.3) is 0 Å². The average molecular weight is 515 g/mol. The fourth-order valence-electron chi connectivity index (χ4n) is 5.77. The molecule has 0 spiro atoms. The van der Waals surface area contributed by atoms with Crippen molar-refractivity contribution in [2.75, 3.05) is 65.1 Å². The van der Waals surface area contributed by atoms with Crippen molar-refractivity contribution in [2.24, 2.45) is 5.41 Å². The molecule has 0 aromatic carbocycles. The molecule has 0 bridgehead atoms. The van der Waals surface area contributed by atoms with Crippen molar-refractivity contribution < 1.29 is 32.2 Å². The second kappa shape index (κ2) is 11.6. The van der Waals surface area contributed by atoms with E-state index in [0.717, 1.165) is 37.8 Å². The fraction of sp³-hybridized carbons (Fsp3) is 0.760. The van der Waals surface area contributed by atoms with Gasteiger partial charge in [-0.15, -0.1) is 0 Å². The second-order valence-electron chi connectivity index (χ2n) is 10.1. The van der Waals surface area contributed by atoms with Gasteiger partial charge >= 0.3 is 6.18 Å². The summed E-state index contributed by atoms with van der Waals surface area (Å²) in [5.74, 6) is 0.413. The molecule has 8 nitrogen and oxygen atoms in total. The summed E-state index contributed by atoms with van der Waals surface area (Å²) < 4.78 is 55.8. The maximum atomic E-state index is 13.8. The van der Waals surface area contributed by atoms with Crippen LogP contribution in [0.5, 0.6) is 0 Å². The molecule has 3 aliphatic rings. The lowest BCUT2D eigenvalue weighted by Crippen LogP contribution is -2.54. The molecule has 1 amide bonds. The summed E-state index contributed by atoms with van der Waals surface area (Å²) in [6.07, 6.45) is 0.717. The SMILES string of the molecule is COCC[C@]1(C(=O)N2CCN(c3cc(C(F)(F)F)ccn3)CC2)CC[C@@H](NC2CCOCC2OC)C1. The van der Waals surface area contributed by atoms with Crippen LogP contribution in [-0.4, -0.2) is 94.2 Å². The molecule has 2 saturated heterocycles. The molecule has 2 aliphatic heterocycles. The summed E-state index contributed by atoms with van der Waals surface area (Å²) >= 11 is 0. The van der Waals surface area contributed by atoms with E-state index in [1.54, 1.807) is 14.2 Å². The van der Waals surface area contributed by atoms with E-state index in [1.165, 1.54) is 6.20 Å². The lowest BCUT2D eigenvalue weighted by atomic mass is 9.80. The molecular weight excluding hydrogens is 477 g/mol. The van der Waals surface area contributed by atoms with Crippen LogP contribution in [0.4, 0.5) is 19.0 Å². The van der Waals surface area contributed by atoms with E-state index in [1.807, 2.05) is 9.80 Å². The zero-order valence-corrected chi connectivity index (χ0v) is 21.1. The van der Waals surface area contributed by atoms with Gasteiger partial charge in [-0.05, 0) is 44.2 Å². The van der Waals surface area contributed by atoms with E-state index >= 15 is 0 Å². The summed E-state index contributed by atoms with van der Waals surface area (Å²) in [6, 6.07) is 2.46. The van der Waals surface area contributed by atoms with E-state index in [2.05, 4.69) is 10.3 Å². The van der Waals surface area contributed by atoms with Crippen LogP contribution < -0.4 is 10.2 Å². The first kappa shape index (κ1) is 27.1. The molecule has 1 saturated carbocycles. The number of hydrogen-bond acceptors (Lipinski definition) is 7. The minimum atomic E-state index is -4.41. The van der Waals surface area contributed by atoms with E-state index in [0.29, 0.717) is 58.2 Å². The summed E-state index contributed by atoms with van der Waals surface area (Å²) in [6.45, 7) is 3.57. The standard InChI is InChI=1S/C25H37F3N4O4/c1-34-14-7-24(6-3-19(16-24)30-20-5-13-36-17-21(20)35-2)23(33)32-11-9-31(10-12-32)22-15-18(4-8-29-22)25(26,27)28/h4,8,15,19-21,30H,3,5-7,9-14,16-17H2,1-2H3/t19-,20?,21?,24-/m1/s1. The van der Waals surface area contributed by atoms with Crippen LogP contribution in [-0.2, 0) is 25.2 Å². The van der Waals surface area contributed by atoms with Crippen molar-refractivity contribution in [3.05, 3.63) is 23.9 Å². The molecule has 3 fully saturated rings. The smallest absolute Gasteiger partial charge is 0.385 e. The Morgan fingerprint density at radius 2 is 2.03 bits per heavy atom. The summed E-state index contributed by atoms with van der Waals surface area (Å²) in [4.78, 5) is 21.7. The number of amides is 1. The fourth-order valence-corrected chi connectivity index (χ4v) is 5.77. The summed E-state index contributed by atoms with van der Waals surface area (Å²) in [5, 5.41) is 3.73. The Kier molecular flexibility index (Phi) is 8.75. The number of pyridine rings is 1. The number of halogens is 3. The van der Waals surface area contributed by atoms with Crippen molar-refractivity contribution in [2.45, 2.75) is 56.5 Å². The number of piperazine rings is 1. The lowest BCUT2D eigenvalue weighted by Gasteiger charge is -2.40. The number of carbonyl (C=O) groups excluding carboxylic acids is 1. The highest BCUT2D eigenvalue weighted by molar-refractivity contribution is 5.83. The highest BCUT2D eigenvalue weighted by Crippen LogP contribution is 2.43. The number of alkyl halides is 3. The molecule has 36 heavy (non-hydrogen) atoms. The van der Waals surface area contributed by atoms with E-state index in [-0.39, 0.29) is 24.1 Å². The number of carbonyl (C=O) groups is 1. The molecule has 202 valence electrons. The van der Waals surface area contributed by atoms with E-state index in [9.17, 15) is 18.0 Å². The number of aromatic nitrogens is 1. The first-order valence-electron chi connectivity index (χ1n) is 12.7. The molecule has 1 aromatic rings. The molecule has 4 atom stereocenters. The zero-order valence-electron chi connectivity index (χ0n) is 21.1. The van der Waals surface area contributed by atoms with Gasteiger partial charge in [-0.2, -0.15) is 13.2 Å². The maximum Gasteiger partial charge on any atom is 0.416 e. The van der Waals surface area contributed by atoms with Gasteiger partial charge in [0.05, 0.1) is 23.7 Å². The van der Waals surface area contributed by atoms with Crippen LogP contribution in [0.25, 0.3) is 0 Å². The molecule has 1 N–H and O–H groups in total. The monoisotopic (exact) mass is 514 g/mol. The molecular formula is C25H37F3N4O4. The number of hydrogen-bond donors (Lipinski definition) is 1. The number of rotatable bonds is 8. The third-order valence-electron chi connectivity index (χ3n) is 7.87. The largest absolute Gasteiger partial charge is 0.416 e. The molecule has 2 unspecified atom stereocenters. The number of ether oxygens (including phenoxy) is 3. The predicted octanol–water partition coefficient (Wildman–Crippen LogP) is 2.72. The summed E-state index contributed by atoms with van der Waals surface area (Å²) in [5.41, 5.74) is -1.22. The van der Waals surface area contributed by atoms with Crippen molar-refractivity contribution in [1.82, 2.24) is 15.2 Å². The Morgan fingerprint density at radius 1 is 1.25 bits per heavy atom. The van der Waals surface area contributed by atoms with Gasteiger partial charge in [0.2, 0.25) is 5.91 Å². The van der Waals surface area contributed by atoms with Crippen LogP contribution in [0.2, 0.25) is 0 Å². The minimum absolute atomic E-state index is 0.000891. The van der Waals surface area contributed by atoms with Crippen molar-refractivity contribution in [3.63, 3.8) is 0 Å². The topological polar surface area (TPSA) is 76.2 Å². The Bertz CT molecular complexity index is 881. The Balaban J connectivity index is 1.38. The lowest BCUT2D eigenvalue weighted by molar-refractivity contribution is -0.143. The third-order valence-corrected chi connectivity index (χ3v) is 7.87. The van der Waals surface area contributed by atoms with Gasteiger partial charge in [-0.1, -0.05) is 0 Å². The molecule has 3 heterocycles. The number of nitrogens with one attached hydrogen (secondary N) is 1. The number of anilines is 1. The maximum absolute atomic E-state index is 13.8. The van der Waals surface area contributed by atoms with Crippen LogP contribution in [0.3, 0.4) is 0 Å². The van der Waals surface area contributed by atoms with Gasteiger partial charge in [-0.25, -0.2) is 4.98 Å². The highest BCUT2D eigenvalue weighted by atomic mass is 19.4. The van der Waals surface area contributed by atoms with E-state index < -0.39 is 17.2 Å². The van der Waals surface area contributed by atoms with Crippen LogP contribution in [0.1, 0.15) is 37.7 Å². The van der Waals surface area contributed by atoms with Gasteiger partial charge in [0.15, 0.2) is 0 Å². The first-order chi connectivity index (χ1) is 17.3. The van der Waals surface area contributed by atoms with Crippen molar-refractivity contribution in [3.8, 4) is 0 Å². The molecule has 1 aromatic heterocycles. The Labute approximate surface area is 210 Å². The number of methoxy groups -OCH3 is 2. The number of nitrogens with zero attached hydrogens (tertiary/aromatic N) is 3. The zero-order chi connectivity index (χ0) is 25.8. The van der Waals surface area contributed by atoms with Crippen LogP contribution in [0, 0.1) is 5.41 Å². The quantitative estimate of drug-likeness (QED) is 0.572. The Hall–Kier alpha value is -1.95. The average Bonchev–Trinajstić information content (AvgIpc) is 3.31. The van der Waals surface area contributed by atoms with Crippen molar-refractivity contribution in [1.29, 1.82) is 0 Å². The normalized spacial score (nSPS) is 29.5. The molecule has 4 rings (SSSR count). The molecule has 11 heteroatoms. The van der Waals surface area contributed by atoms with E-state index in [4.69, 9.17) is 14.2 Å². The Morgan fingerprint density at radius 3 is 2.72 bits per heavy atom. The molecule has 1 aliphatic carbocycles. The summed E-state index contributed by atoms with van der Waals surface area (Å²) in [7, 11) is 3.35.